The highest BCUT2D eigenvalue weighted by Crippen LogP contribution is 2.18. The van der Waals surface area contributed by atoms with Gasteiger partial charge < -0.3 is 9.73 Å². The number of nitrogens with zero attached hydrogens (tertiary/aromatic N) is 3. The van der Waals surface area contributed by atoms with Gasteiger partial charge in [0.15, 0.2) is 0 Å². The molecule has 0 bridgehead atoms. The molecule has 1 N–H and O–H groups in total. The molecule has 6 heteroatoms. The summed E-state index contributed by atoms with van der Waals surface area (Å²) >= 11 is 0. The molecule has 1 aliphatic rings. The van der Waals surface area contributed by atoms with Crippen molar-refractivity contribution in [2.24, 2.45) is 5.92 Å². The topological polar surface area (TPSA) is 71.3 Å². The van der Waals surface area contributed by atoms with Crippen LogP contribution in [0.1, 0.15) is 50.0 Å². The third kappa shape index (κ3) is 5.66. The van der Waals surface area contributed by atoms with E-state index in [1.807, 2.05) is 25.1 Å². The van der Waals surface area contributed by atoms with Crippen molar-refractivity contribution in [1.82, 2.24) is 20.4 Å². The maximum Gasteiger partial charge on any atom is 0.230 e. The number of amides is 1. The lowest BCUT2D eigenvalue weighted by molar-refractivity contribution is -0.121. The molecule has 1 aliphatic heterocycles. The number of carbonyl (C=O) groups excluding carboxylic acids is 1. The van der Waals surface area contributed by atoms with Gasteiger partial charge in [-0.1, -0.05) is 37.3 Å². The number of likely N-dealkylation sites (tertiary alicyclic amines) is 1. The first-order valence-electron chi connectivity index (χ1n) is 9.57. The molecule has 1 saturated heterocycles. The van der Waals surface area contributed by atoms with Gasteiger partial charge in [-0.2, -0.15) is 0 Å². The summed E-state index contributed by atoms with van der Waals surface area (Å²) in [6.07, 6.45) is 4.47. The fraction of sp³-hybridized carbons (Fsp3) is 0.550. The van der Waals surface area contributed by atoms with Crippen LogP contribution in [0, 0.1) is 5.92 Å². The van der Waals surface area contributed by atoms with Crippen LogP contribution in [0.15, 0.2) is 34.7 Å². The van der Waals surface area contributed by atoms with Gasteiger partial charge in [0.05, 0.1) is 13.0 Å². The third-order valence-corrected chi connectivity index (χ3v) is 4.73. The molecule has 1 aromatic heterocycles. The van der Waals surface area contributed by atoms with Gasteiger partial charge in [0.1, 0.15) is 0 Å². The Hall–Kier alpha value is -2.21. The molecular formula is C20H28N4O2. The van der Waals surface area contributed by atoms with Gasteiger partial charge in [-0.3, -0.25) is 9.69 Å². The summed E-state index contributed by atoms with van der Waals surface area (Å²) < 4.78 is 5.82. The van der Waals surface area contributed by atoms with Crippen LogP contribution in [-0.2, 0) is 17.8 Å². The summed E-state index contributed by atoms with van der Waals surface area (Å²) in [5.74, 6) is 1.99. The van der Waals surface area contributed by atoms with Gasteiger partial charge in [-0.15, -0.1) is 10.2 Å². The van der Waals surface area contributed by atoms with Crippen LogP contribution in [-0.4, -0.2) is 40.6 Å². The highest BCUT2D eigenvalue weighted by atomic mass is 16.4. The SMILES string of the molecule is CCCC(=O)NCC1CCCN(Cc2nnc(Cc3ccccc3)o2)C1. The summed E-state index contributed by atoms with van der Waals surface area (Å²) in [5, 5.41) is 11.4. The molecule has 0 spiro atoms. The first-order chi connectivity index (χ1) is 12.7. The van der Waals surface area contributed by atoms with Crippen LogP contribution in [0.3, 0.4) is 0 Å². The van der Waals surface area contributed by atoms with E-state index in [-0.39, 0.29) is 5.91 Å². The lowest BCUT2D eigenvalue weighted by atomic mass is 9.98. The molecule has 1 amide bonds. The zero-order valence-corrected chi connectivity index (χ0v) is 15.5. The van der Waals surface area contributed by atoms with E-state index in [2.05, 4.69) is 32.5 Å². The van der Waals surface area contributed by atoms with Crippen molar-refractivity contribution in [3.63, 3.8) is 0 Å². The first kappa shape index (κ1) is 18.6. The summed E-state index contributed by atoms with van der Waals surface area (Å²) in [7, 11) is 0. The van der Waals surface area contributed by atoms with Gasteiger partial charge in [-0.25, -0.2) is 0 Å². The first-order valence-corrected chi connectivity index (χ1v) is 9.57. The largest absolute Gasteiger partial charge is 0.424 e. The maximum atomic E-state index is 11.7. The van der Waals surface area contributed by atoms with Gasteiger partial charge in [0.25, 0.3) is 0 Å². The number of carbonyl (C=O) groups is 1. The molecule has 1 aromatic carbocycles. The fourth-order valence-electron chi connectivity index (χ4n) is 3.42. The lowest BCUT2D eigenvalue weighted by Gasteiger charge is -2.31. The van der Waals surface area contributed by atoms with Crippen LogP contribution in [0.2, 0.25) is 0 Å². The predicted octanol–water partition coefficient (Wildman–Crippen LogP) is 2.79. The van der Waals surface area contributed by atoms with Crippen LogP contribution >= 0.6 is 0 Å². The third-order valence-electron chi connectivity index (χ3n) is 4.73. The zero-order valence-electron chi connectivity index (χ0n) is 15.5. The Bertz CT molecular complexity index is 686. The van der Waals surface area contributed by atoms with E-state index in [1.54, 1.807) is 0 Å². The molecule has 3 rings (SSSR count). The minimum atomic E-state index is 0.159. The van der Waals surface area contributed by atoms with Gasteiger partial charge in [0, 0.05) is 19.5 Å². The van der Waals surface area contributed by atoms with Crippen LogP contribution < -0.4 is 5.32 Å². The van der Waals surface area contributed by atoms with Crippen molar-refractivity contribution in [2.45, 2.75) is 45.6 Å². The van der Waals surface area contributed by atoms with Gasteiger partial charge in [0.2, 0.25) is 17.7 Å². The van der Waals surface area contributed by atoms with Crippen molar-refractivity contribution < 1.29 is 9.21 Å². The molecule has 140 valence electrons. The van der Waals surface area contributed by atoms with Crippen molar-refractivity contribution in [2.75, 3.05) is 19.6 Å². The van der Waals surface area contributed by atoms with Crippen LogP contribution in [0.4, 0.5) is 0 Å². The Morgan fingerprint density at radius 1 is 1.27 bits per heavy atom. The number of nitrogens with one attached hydrogen (secondary N) is 1. The standard InChI is InChI=1S/C20H28N4O2/c1-2-7-18(25)21-13-17-10-6-11-24(14-17)15-20-23-22-19(26-20)12-16-8-4-3-5-9-16/h3-5,8-9,17H,2,6-7,10-15H2,1H3,(H,21,25). The average molecular weight is 356 g/mol. The smallest absolute Gasteiger partial charge is 0.230 e. The van der Waals surface area contributed by atoms with Crippen LogP contribution in [0.5, 0.6) is 0 Å². The lowest BCUT2D eigenvalue weighted by Crippen LogP contribution is -2.40. The molecule has 1 atom stereocenters. The molecule has 0 aliphatic carbocycles. The number of hydrogen-bond acceptors (Lipinski definition) is 5. The quantitative estimate of drug-likeness (QED) is 0.787. The second-order valence-corrected chi connectivity index (χ2v) is 7.05. The molecule has 0 saturated carbocycles. The zero-order chi connectivity index (χ0) is 18.2. The normalized spacial score (nSPS) is 18.0. The Kier molecular flexibility index (Phi) is 6.77. The minimum absolute atomic E-state index is 0.159. The van der Waals surface area contributed by atoms with Crippen molar-refractivity contribution >= 4 is 5.91 Å². The highest BCUT2D eigenvalue weighted by Gasteiger charge is 2.22. The van der Waals surface area contributed by atoms with Crippen molar-refractivity contribution in [3.05, 3.63) is 47.7 Å². The van der Waals surface area contributed by atoms with E-state index in [0.717, 1.165) is 38.9 Å². The van der Waals surface area contributed by atoms with E-state index in [0.29, 0.717) is 37.1 Å². The summed E-state index contributed by atoms with van der Waals surface area (Å²) in [6, 6.07) is 10.2. The van der Waals surface area contributed by atoms with E-state index in [1.165, 1.54) is 5.56 Å². The van der Waals surface area contributed by atoms with Gasteiger partial charge in [-0.05, 0) is 37.3 Å². The Morgan fingerprint density at radius 2 is 2.08 bits per heavy atom. The molecule has 26 heavy (non-hydrogen) atoms. The number of benzene rings is 1. The molecule has 1 unspecified atom stereocenters. The van der Waals surface area contributed by atoms with Crippen molar-refractivity contribution in [1.29, 1.82) is 0 Å². The minimum Gasteiger partial charge on any atom is -0.424 e. The van der Waals surface area contributed by atoms with Gasteiger partial charge >= 0.3 is 0 Å². The highest BCUT2D eigenvalue weighted by molar-refractivity contribution is 5.75. The second kappa shape index (κ2) is 9.48. The monoisotopic (exact) mass is 356 g/mol. The Morgan fingerprint density at radius 3 is 2.88 bits per heavy atom. The number of rotatable bonds is 8. The molecular weight excluding hydrogens is 328 g/mol. The second-order valence-electron chi connectivity index (χ2n) is 7.05. The number of hydrogen-bond donors (Lipinski definition) is 1. The predicted molar refractivity (Wildman–Crippen MR) is 99.5 cm³/mol. The molecule has 0 radical (unpaired) electrons. The van der Waals surface area contributed by atoms with Crippen LogP contribution in [0.25, 0.3) is 0 Å². The Balaban J connectivity index is 1.47. The summed E-state index contributed by atoms with van der Waals surface area (Å²) in [4.78, 5) is 14.0. The molecule has 2 heterocycles. The van der Waals surface area contributed by atoms with E-state index < -0.39 is 0 Å². The maximum absolute atomic E-state index is 11.7. The summed E-state index contributed by atoms with van der Waals surface area (Å²) in [6.45, 7) is 5.47. The average Bonchev–Trinajstić information content (AvgIpc) is 3.08. The van der Waals surface area contributed by atoms with E-state index in [9.17, 15) is 4.79 Å². The molecule has 2 aromatic rings. The van der Waals surface area contributed by atoms with E-state index in [4.69, 9.17) is 4.42 Å². The fourth-order valence-corrected chi connectivity index (χ4v) is 3.42. The number of aromatic nitrogens is 2. The Labute approximate surface area is 155 Å². The van der Waals surface area contributed by atoms with E-state index >= 15 is 0 Å². The molecule has 1 fully saturated rings. The number of piperidine rings is 1. The molecule has 6 nitrogen and oxygen atoms in total. The summed E-state index contributed by atoms with van der Waals surface area (Å²) in [5.41, 5.74) is 1.17. The van der Waals surface area contributed by atoms with Crippen molar-refractivity contribution in [3.8, 4) is 0 Å².